The maximum atomic E-state index is 12.6. The lowest BCUT2D eigenvalue weighted by atomic mass is 9.97. The minimum absolute atomic E-state index is 0.0347. The zero-order valence-corrected chi connectivity index (χ0v) is 11.7. The first kappa shape index (κ1) is 15.1. The zero-order chi connectivity index (χ0) is 14.9. The van der Waals surface area contributed by atoms with E-state index in [2.05, 4.69) is 4.98 Å². The molecule has 112 valence electrons. The number of anilines is 1. The Morgan fingerprint density at radius 1 is 1.45 bits per heavy atom. The fourth-order valence-corrected chi connectivity index (χ4v) is 3.32. The monoisotopic (exact) mass is 308 g/mol. The van der Waals surface area contributed by atoms with Crippen molar-refractivity contribution >= 4 is 22.4 Å². The second-order valence-electron chi connectivity index (χ2n) is 4.73. The van der Waals surface area contributed by atoms with E-state index in [1.54, 1.807) is 11.8 Å². The highest BCUT2D eigenvalue weighted by Crippen LogP contribution is 2.36. The van der Waals surface area contributed by atoms with Crippen LogP contribution in [0.5, 0.6) is 0 Å². The molecule has 20 heavy (non-hydrogen) atoms. The van der Waals surface area contributed by atoms with Crippen LogP contribution in [0.4, 0.5) is 18.3 Å². The summed E-state index contributed by atoms with van der Waals surface area (Å²) in [5.41, 5.74) is 0.496. The van der Waals surface area contributed by atoms with Crippen LogP contribution in [0.3, 0.4) is 0 Å². The van der Waals surface area contributed by atoms with Crippen LogP contribution >= 0.6 is 11.3 Å². The second kappa shape index (κ2) is 5.59. The average molecular weight is 308 g/mol. The van der Waals surface area contributed by atoms with Gasteiger partial charge in [0.05, 0.1) is 11.6 Å². The summed E-state index contributed by atoms with van der Waals surface area (Å²) in [6, 6.07) is 0. The molecule has 0 aliphatic carbocycles. The van der Waals surface area contributed by atoms with Crippen molar-refractivity contribution in [3.8, 4) is 0 Å². The predicted molar refractivity (Wildman–Crippen MR) is 69.4 cm³/mol. The van der Waals surface area contributed by atoms with Crippen LogP contribution in [0.25, 0.3) is 0 Å². The minimum Gasteiger partial charge on any atom is -0.477 e. The van der Waals surface area contributed by atoms with Crippen molar-refractivity contribution in [1.82, 2.24) is 4.98 Å². The first-order chi connectivity index (χ1) is 9.32. The van der Waals surface area contributed by atoms with Crippen LogP contribution < -0.4 is 4.90 Å². The van der Waals surface area contributed by atoms with Crippen molar-refractivity contribution in [1.29, 1.82) is 0 Å². The third kappa shape index (κ3) is 3.05. The standard InChI is InChI=1S/C12H15F3N2O2S/c1-2-8-9(10(18)19)20-11(16-8)17-5-3-7(4-6-17)12(13,14)15/h7H,2-6H2,1H3,(H,18,19). The van der Waals surface area contributed by atoms with Gasteiger partial charge in [0.1, 0.15) is 4.88 Å². The molecule has 0 bridgehead atoms. The molecule has 1 aliphatic heterocycles. The zero-order valence-electron chi connectivity index (χ0n) is 10.9. The summed E-state index contributed by atoms with van der Waals surface area (Å²) in [5.74, 6) is -2.29. The number of carbonyl (C=O) groups is 1. The fourth-order valence-electron chi connectivity index (χ4n) is 2.28. The molecule has 0 aromatic carbocycles. The maximum Gasteiger partial charge on any atom is 0.391 e. The molecule has 1 N–H and O–H groups in total. The van der Waals surface area contributed by atoms with E-state index in [0.29, 0.717) is 17.2 Å². The number of hydrogen-bond donors (Lipinski definition) is 1. The Balaban J connectivity index is 2.09. The number of hydrogen-bond acceptors (Lipinski definition) is 4. The molecule has 1 aliphatic rings. The normalized spacial score (nSPS) is 17.5. The lowest BCUT2D eigenvalue weighted by Crippen LogP contribution is -2.38. The van der Waals surface area contributed by atoms with Gasteiger partial charge in [0.25, 0.3) is 0 Å². The molecule has 2 heterocycles. The molecule has 0 radical (unpaired) electrons. The summed E-state index contributed by atoms with van der Waals surface area (Å²) >= 11 is 1.04. The Morgan fingerprint density at radius 3 is 2.45 bits per heavy atom. The summed E-state index contributed by atoms with van der Waals surface area (Å²) in [7, 11) is 0. The van der Waals surface area contributed by atoms with E-state index < -0.39 is 18.1 Å². The van der Waals surface area contributed by atoms with Crippen LogP contribution in [0.2, 0.25) is 0 Å². The van der Waals surface area contributed by atoms with Crippen LogP contribution in [0, 0.1) is 5.92 Å². The van der Waals surface area contributed by atoms with Gasteiger partial charge in [0.2, 0.25) is 0 Å². The summed E-state index contributed by atoms with van der Waals surface area (Å²) < 4.78 is 37.8. The molecule has 0 saturated carbocycles. The van der Waals surface area contributed by atoms with Crippen molar-refractivity contribution in [2.24, 2.45) is 5.92 Å². The number of carboxylic acid groups (broad SMARTS) is 1. The molecule has 1 fully saturated rings. The van der Waals surface area contributed by atoms with E-state index in [1.165, 1.54) is 0 Å². The second-order valence-corrected chi connectivity index (χ2v) is 5.71. The smallest absolute Gasteiger partial charge is 0.391 e. The summed E-state index contributed by atoms with van der Waals surface area (Å²) in [4.78, 5) is 17.2. The van der Waals surface area contributed by atoms with Crippen molar-refractivity contribution in [3.05, 3.63) is 10.6 Å². The van der Waals surface area contributed by atoms with Gasteiger partial charge in [-0.3, -0.25) is 0 Å². The van der Waals surface area contributed by atoms with Gasteiger partial charge in [-0.1, -0.05) is 18.3 Å². The number of aryl methyl sites for hydroxylation is 1. The highest BCUT2D eigenvalue weighted by atomic mass is 32.1. The Kier molecular flexibility index (Phi) is 4.22. The van der Waals surface area contributed by atoms with Gasteiger partial charge in [-0.25, -0.2) is 9.78 Å². The Morgan fingerprint density at radius 2 is 2.05 bits per heavy atom. The number of nitrogens with zero attached hydrogens (tertiary/aromatic N) is 2. The fraction of sp³-hybridized carbons (Fsp3) is 0.667. The summed E-state index contributed by atoms with van der Waals surface area (Å²) in [5, 5.41) is 9.57. The van der Waals surface area contributed by atoms with Crippen molar-refractivity contribution in [2.75, 3.05) is 18.0 Å². The molecule has 1 saturated heterocycles. The van der Waals surface area contributed by atoms with Gasteiger partial charge < -0.3 is 10.0 Å². The largest absolute Gasteiger partial charge is 0.477 e. The highest BCUT2D eigenvalue weighted by molar-refractivity contribution is 7.17. The third-order valence-corrected chi connectivity index (χ3v) is 4.59. The van der Waals surface area contributed by atoms with E-state index in [-0.39, 0.29) is 30.8 Å². The third-order valence-electron chi connectivity index (χ3n) is 3.44. The molecule has 0 spiro atoms. The lowest BCUT2D eigenvalue weighted by molar-refractivity contribution is -0.179. The van der Waals surface area contributed by atoms with Crippen LogP contribution in [0.1, 0.15) is 35.1 Å². The average Bonchev–Trinajstić information content (AvgIpc) is 2.82. The molecule has 0 unspecified atom stereocenters. The van der Waals surface area contributed by atoms with Crippen molar-refractivity contribution < 1.29 is 23.1 Å². The van der Waals surface area contributed by atoms with Crippen LogP contribution in [0.15, 0.2) is 0 Å². The van der Waals surface area contributed by atoms with Gasteiger partial charge in [-0.15, -0.1) is 0 Å². The molecule has 8 heteroatoms. The first-order valence-corrected chi connectivity index (χ1v) is 7.19. The van der Waals surface area contributed by atoms with Gasteiger partial charge in [0, 0.05) is 13.1 Å². The van der Waals surface area contributed by atoms with Crippen molar-refractivity contribution in [3.63, 3.8) is 0 Å². The van der Waals surface area contributed by atoms with Gasteiger partial charge in [0.15, 0.2) is 5.13 Å². The number of aromatic nitrogens is 1. The number of aromatic carboxylic acids is 1. The number of halogens is 3. The Bertz CT molecular complexity index is 493. The molecule has 4 nitrogen and oxygen atoms in total. The minimum atomic E-state index is -4.14. The molecule has 2 rings (SSSR count). The predicted octanol–water partition coefficient (Wildman–Crippen LogP) is 3.18. The van der Waals surface area contributed by atoms with E-state index >= 15 is 0 Å². The number of thiazole rings is 1. The Labute approximate surface area is 118 Å². The van der Waals surface area contributed by atoms with Gasteiger partial charge >= 0.3 is 12.1 Å². The SMILES string of the molecule is CCc1nc(N2CCC(C(F)(F)F)CC2)sc1C(=O)O. The van der Waals surface area contributed by atoms with E-state index in [9.17, 15) is 18.0 Å². The quantitative estimate of drug-likeness (QED) is 0.932. The number of alkyl halides is 3. The van der Waals surface area contributed by atoms with Crippen LogP contribution in [-0.4, -0.2) is 35.3 Å². The van der Waals surface area contributed by atoms with E-state index in [1.807, 2.05) is 0 Å². The lowest BCUT2D eigenvalue weighted by Gasteiger charge is -2.32. The van der Waals surface area contributed by atoms with Crippen molar-refractivity contribution in [2.45, 2.75) is 32.4 Å². The van der Waals surface area contributed by atoms with E-state index in [0.717, 1.165) is 11.3 Å². The molecule has 0 amide bonds. The van der Waals surface area contributed by atoms with Crippen LogP contribution in [-0.2, 0) is 6.42 Å². The number of rotatable bonds is 3. The van der Waals surface area contributed by atoms with E-state index in [4.69, 9.17) is 5.11 Å². The number of piperidine rings is 1. The first-order valence-electron chi connectivity index (χ1n) is 6.37. The summed E-state index contributed by atoms with van der Waals surface area (Å²) in [6.45, 7) is 2.33. The molecule has 1 aromatic heterocycles. The van der Waals surface area contributed by atoms with Gasteiger partial charge in [-0.2, -0.15) is 13.2 Å². The van der Waals surface area contributed by atoms with Gasteiger partial charge in [-0.05, 0) is 19.3 Å². The summed E-state index contributed by atoms with van der Waals surface area (Å²) in [6.07, 6.45) is -3.58. The Hall–Kier alpha value is -1.31. The maximum absolute atomic E-state index is 12.6. The molecular weight excluding hydrogens is 293 g/mol. The number of carboxylic acids is 1. The molecule has 0 atom stereocenters. The highest BCUT2D eigenvalue weighted by Gasteiger charge is 2.41. The topological polar surface area (TPSA) is 53.4 Å². The molecular formula is C12H15F3N2O2S. The molecule has 1 aromatic rings.